The Balaban J connectivity index is 0.00000133. The molecule has 0 radical (unpaired) electrons. The van der Waals surface area contributed by atoms with Crippen molar-refractivity contribution in [2.24, 2.45) is 0 Å². The highest BCUT2D eigenvalue weighted by Crippen LogP contribution is 2.29. The number of imidazole rings is 1. The van der Waals surface area contributed by atoms with E-state index in [0.29, 0.717) is 0 Å². The Morgan fingerprint density at radius 2 is 1.89 bits per heavy atom. The maximum Gasteiger partial charge on any atom is 0.137 e. The second-order valence-corrected chi connectivity index (χ2v) is 4.85. The highest BCUT2D eigenvalue weighted by atomic mass is 127. The van der Waals surface area contributed by atoms with Crippen LogP contribution in [0.1, 0.15) is 0 Å². The zero-order valence-corrected chi connectivity index (χ0v) is 14.1. The first kappa shape index (κ1) is 14.3. The fourth-order valence-electron chi connectivity index (χ4n) is 1.95. The summed E-state index contributed by atoms with van der Waals surface area (Å²) in [6.07, 6.45) is 3.99. The minimum atomic E-state index is 0. The number of rotatable bonds is 2. The third-order valence-electron chi connectivity index (χ3n) is 2.80. The number of hydrogen-bond donors (Lipinski definition) is 0. The van der Waals surface area contributed by atoms with Crippen LogP contribution in [-0.2, 0) is 0 Å². The molecule has 98 valence electrons. The van der Waals surface area contributed by atoms with E-state index in [4.69, 9.17) is 4.74 Å². The van der Waals surface area contributed by atoms with E-state index in [0.717, 1.165) is 27.1 Å². The molecule has 0 bridgehead atoms. The number of pyridine rings is 1. The highest BCUT2D eigenvalue weighted by Gasteiger charge is 2.09. The molecule has 0 aliphatic carbocycles. The number of ether oxygens (including phenoxy) is 1. The first-order valence-electron chi connectivity index (χ1n) is 5.55. The van der Waals surface area contributed by atoms with Crippen LogP contribution >= 0.6 is 39.9 Å². The molecule has 2 heterocycles. The summed E-state index contributed by atoms with van der Waals surface area (Å²) in [6.45, 7) is 0. The van der Waals surface area contributed by atoms with Crippen molar-refractivity contribution in [2.75, 3.05) is 7.11 Å². The normalized spacial score (nSPS) is 10.2. The summed E-state index contributed by atoms with van der Waals surface area (Å²) < 4.78 is 8.38. The van der Waals surface area contributed by atoms with Crippen LogP contribution in [-0.4, -0.2) is 16.5 Å². The van der Waals surface area contributed by atoms with Crippen molar-refractivity contribution in [3.63, 3.8) is 0 Å². The Kier molecular flexibility index (Phi) is 4.46. The van der Waals surface area contributed by atoms with Crippen LogP contribution in [0.15, 0.2) is 53.3 Å². The van der Waals surface area contributed by atoms with E-state index in [9.17, 15) is 0 Å². The van der Waals surface area contributed by atoms with E-state index < -0.39 is 0 Å². The minimum Gasteiger partial charge on any atom is -0.496 e. The molecule has 5 heteroatoms. The van der Waals surface area contributed by atoms with Crippen molar-refractivity contribution in [1.29, 1.82) is 0 Å². The second-order valence-electron chi connectivity index (χ2n) is 3.94. The summed E-state index contributed by atoms with van der Waals surface area (Å²) >= 11 is 3.45. The van der Waals surface area contributed by atoms with Crippen LogP contribution in [0.3, 0.4) is 0 Å². The quantitative estimate of drug-likeness (QED) is 0.563. The molecule has 3 nitrogen and oxygen atoms in total. The Morgan fingerprint density at radius 1 is 1.11 bits per heavy atom. The zero-order valence-electron chi connectivity index (χ0n) is 10.2. The van der Waals surface area contributed by atoms with Crippen molar-refractivity contribution < 1.29 is 4.74 Å². The molecule has 0 N–H and O–H groups in total. The van der Waals surface area contributed by atoms with Crippen LogP contribution in [0, 0.1) is 0 Å². The van der Waals surface area contributed by atoms with E-state index in [1.54, 1.807) is 7.11 Å². The largest absolute Gasteiger partial charge is 0.496 e. The standard InChI is InChI=1S/C14H11BrN2O.HI/c1-18-13-5-3-2-4-11(13)12-9-17-8-10(15)6-7-14(17)16-12;/h2-9H,1H3;1H. The number of aromatic nitrogens is 2. The predicted molar refractivity (Wildman–Crippen MR) is 90.3 cm³/mol. The van der Waals surface area contributed by atoms with E-state index in [-0.39, 0.29) is 24.0 Å². The molecule has 1 aromatic carbocycles. The second kappa shape index (κ2) is 5.92. The van der Waals surface area contributed by atoms with Crippen LogP contribution in [0.5, 0.6) is 5.75 Å². The van der Waals surface area contributed by atoms with Crippen molar-refractivity contribution in [1.82, 2.24) is 9.38 Å². The molecule has 0 fully saturated rings. The van der Waals surface area contributed by atoms with Gasteiger partial charge in [-0.15, -0.1) is 24.0 Å². The molecule has 3 rings (SSSR count). The molecule has 0 amide bonds. The minimum absolute atomic E-state index is 0. The number of fused-ring (bicyclic) bond motifs is 1. The van der Waals surface area contributed by atoms with Crippen LogP contribution in [0.25, 0.3) is 16.9 Å². The Labute approximate surface area is 136 Å². The average molecular weight is 431 g/mol. The monoisotopic (exact) mass is 430 g/mol. The van der Waals surface area contributed by atoms with E-state index in [1.165, 1.54) is 0 Å². The van der Waals surface area contributed by atoms with Gasteiger partial charge in [0.2, 0.25) is 0 Å². The topological polar surface area (TPSA) is 26.5 Å². The number of benzene rings is 1. The van der Waals surface area contributed by atoms with Gasteiger partial charge in [-0.2, -0.15) is 0 Å². The molecular weight excluding hydrogens is 419 g/mol. The van der Waals surface area contributed by atoms with E-state index >= 15 is 0 Å². The molecule has 0 saturated carbocycles. The molecule has 2 aromatic heterocycles. The lowest BCUT2D eigenvalue weighted by Gasteiger charge is -2.04. The number of nitrogens with zero attached hydrogens (tertiary/aromatic N) is 2. The molecule has 19 heavy (non-hydrogen) atoms. The van der Waals surface area contributed by atoms with Gasteiger partial charge in [-0.05, 0) is 40.2 Å². The number of para-hydroxylation sites is 1. The van der Waals surface area contributed by atoms with Gasteiger partial charge in [-0.1, -0.05) is 12.1 Å². The summed E-state index contributed by atoms with van der Waals surface area (Å²) in [5, 5.41) is 0. The van der Waals surface area contributed by atoms with Crippen molar-refractivity contribution in [2.45, 2.75) is 0 Å². The van der Waals surface area contributed by atoms with Crippen LogP contribution in [0.2, 0.25) is 0 Å². The van der Waals surface area contributed by atoms with Gasteiger partial charge in [0.1, 0.15) is 11.4 Å². The van der Waals surface area contributed by atoms with E-state index in [1.807, 2.05) is 53.2 Å². The van der Waals surface area contributed by atoms with Gasteiger partial charge in [0, 0.05) is 22.4 Å². The lowest BCUT2D eigenvalue weighted by Crippen LogP contribution is -1.86. The first-order chi connectivity index (χ1) is 8.78. The summed E-state index contributed by atoms with van der Waals surface area (Å²) in [5.41, 5.74) is 2.82. The molecule has 3 aromatic rings. The Bertz CT molecular complexity index is 711. The summed E-state index contributed by atoms with van der Waals surface area (Å²) in [5.74, 6) is 0.833. The third-order valence-corrected chi connectivity index (χ3v) is 3.27. The number of methoxy groups -OCH3 is 1. The maximum atomic E-state index is 5.36. The van der Waals surface area contributed by atoms with Gasteiger partial charge < -0.3 is 9.14 Å². The first-order valence-corrected chi connectivity index (χ1v) is 6.35. The maximum absolute atomic E-state index is 5.36. The van der Waals surface area contributed by atoms with Gasteiger partial charge in [0.05, 0.1) is 12.8 Å². The SMILES string of the molecule is COc1ccccc1-c1cn2cc(Br)ccc2n1.I. The third kappa shape index (κ3) is 2.76. The van der Waals surface area contributed by atoms with Gasteiger partial charge >= 0.3 is 0 Å². The Morgan fingerprint density at radius 3 is 2.68 bits per heavy atom. The van der Waals surface area contributed by atoms with E-state index in [2.05, 4.69) is 20.9 Å². The zero-order chi connectivity index (χ0) is 12.5. The fourth-order valence-corrected chi connectivity index (χ4v) is 2.30. The van der Waals surface area contributed by atoms with Gasteiger partial charge in [0.15, 0.2) is 0 Å². The van der Waals surface area contributed by atoms with Crippen molar-refractivity contribution in [3.05, 3.63) is 53.3 Å². The average Bonchev–Trinajstić information content (AvgIpc) is 2.81. The summed E-state index contributed by atoms with van der Waals surface area (Å²) in [4.78, 5) is 4.59. The summed E-state index contributed by atoms with van der Waals surface area (Å²) in [7, 11) is 1.67. The number of hydrogen-bond acceptors (Lipinski definition) is 2. The Hall–Kier alpha value is -1.08. The smallest absolute Gasteiger partial charge is 0.137 e. The molecule has 0 aliphatic heterocycles. The van der Waals surface area contributed by atoms with Gasteiger partial charge in [0.25, 0.3) is 0 Å². The molecule has 0 saturated heterocycles. The van der Waals surface area contributed by atoms with Crippen LogP contribution < -0.4 is 4.74 Å². The molecule has 0 aliphatic rings. The van der Waals surface area contributed by atoms with Crippen molar-refractivity contribution >= 4 is 45.6 Å². The lowest BCUT2D eigenvalue weighted by molar-refractivity contribution is 0.416. The molecule has 0 atom stereocenters. The van der Waals surface area contributed by atoms with Gasteiger partial charge in [-0.3, -0.25) is 0 Å². The number of halogens is 2. The highest BCUT2D eigenvalue weighted by molar-refractivity contribution is 14.0. The molecule has 0 spiro atoms. The van der Waals surface area contributed by atoms with Crippen molar-refractivity contribution in [3.8, 4) is 17.0 Å². The molecular formula is C14H12BrIN2O. The fraction of sp³-hybridized carbons (Fsp3) is 0.0714. The lowest BCUT2D eigenvalue weighted by atomic mass is 10.1. The van der Waals surface area contributed by atoms with Crippen LogP contribution in [0.4, 0.5) is 0 Å². The van der Waals surface area contributed by atoms with Gasteiger partial charge in [-0.25, -0.2) is 4.98 Å². The molecule has 0 unspecified atom stereocenters. The summed E-state index contributed by atoms with van der Waals surface area (Å²) in [6, 6.07) is 11.8. The predicted octanol–water partition coefficient (Wildman–Crippen LogP) is 4.39.